The topological polar surface area (TPSA) is 61.8 Å². The highest BCUT2D eigenvalue weighted by Gasteiger charge is 2.18. The van der Waals surface area contributed by atoms with Gasteiger partial charge in [-0.25, -0.2) is 0 Å². The molecule has 6 heteroatoms. The van der Waals surface area contributed by atoms with Gasteiger partial charge in [0.1, 0.15) is 11.5 Å². The number of allylic oxidation sites excluding steroid dienone is 1. The maximum Gasteiger partial charge on any atom is 0.305 e. The van der Waals surface area contributed by atoms with E-state index < -0.39 is 0 Å². The molecule has 0 heterocycles. The summed E-state index contributed by atoms with van der Waals surface area (Å²) in [6, 6.07) is 11.6. The lowest BCUT2D eigenvalue weighted by atomic mass is 10.0. The van der Waals surface area contributed by atoms with Crippen LogP contribution in [0.4, 0.5) is 0 Å². The standard InChI is InChI=1S/C28H34O5S/c1-7-22-9-13-26(25(18-22)28(30)21(5)34-8-2)33-20(4)15-16-32-24-12-10-23(19(3)17-24)11-14-27(29)31-6/h8-10,12-13,17-18,20H,2,5,7,11,14-16H2,1,3-4,6H3. The molecule has 2 aromatic carbocycles. The molecule has 1 atom stereocenters. The number of carbonyl (C=O) groups excluding carboxylic acids is 2. The average Bonchev–Trinajstić information content (AvgIpc) is 2.83. The molecule has 0 aromatic heterocycles. The molecular weight excluding hydrogens is 448 g/mol. The van der Waals surface area contributed by atoms with Crippen LogP contribution in [0.3, 0.4) is 0 Å². The van der Waals surface area contributed by atoms with E-state index in [1.807, 2.05) is 57.2 Å². The molecule has 0 spiro atoms. The Hall–Kier alpha value is -2.99. The normalized spacial score (nSPS) is 11.4. The number of Topliss-reactive ketones (excluding diaryl/α,β-unsaturated/α-hetero) is 1. The monoisotopic (exact) mass is 482 g/mol. The minimum absolute atomic E-state index is 0.151. The Morgan fingerprint density at radius 1 is 1.18 bits per heavy atom. The van der Waals surface area contributed by atoms with E-state index in [1.54, 1.807) is 5.41 Å². The van der Waals surface area contributed by atoms with Gasteiger partial charge in [0.25, 0.3) is 0 Å². The van der Waals surface area contributed by atoms with E-state index in [0.717, 1.165) is 28.9 Å². The molecule has 0 N–H and O–H groups in total. The van der Waals surface area contributed by atoms with Crippen LogP contribution in [0.25, 0.3) is 0 Å². The third kappa shape index (κ3) is 8.10. The smallest absolute Gasteiger partial charge is 0.305 e. The van der Waals surface area contributed by atoms with Crippen molar-refractivity contribution in [3.8, 4) is 11.5 Å². The molecule has 0 aliphatic carbocycles. The van der Waals surface area contributed by atoms with Crippen molar-refractivity contribution in [1.29, 1.82) is 0 Å². The van der Waals surface area contributed by atoms with Crippen molar-refractivity contribution in [2.24, 2.45) is 0 Å². The first-order valence-electron chi connectivity index (χ1n) is 11.4. The molecule has 182 valence electrons. The number of hydrogen-bond donors (Lipinski definition) is 0. The highest BCUT2D eigenvalue weighted by atomic mass is 32.2. The highest BCUT2D eigenvalue weighted by molar-refractivity contribution is 8.06. The Labute approximate surface area is 207 Å². The van der Waals surface area contributed by atoms with Crippen molar-refractivity contribution in [2.45, 2.75) is 52.6 Å². The lowest BCUT2D eigenvalue weighted by Crippen LogP contribution is -2.17. The second kappa shape index (κ2) is 13.7. The second-order valence-corrected chi connectivity index (χ2v) is 9.01. The number of hydrogen-bond acceptors (Lipinski definition) is 6. The Morgan fingerprint density at radius 3 is 2.59 bits per heavy atom. The van der Waals surface area contributed by atoms with Crippen molar-refractivity contribution < 1.29 is 23.8 Å². The number of aryl methyl sites for hydroxylation is 3. The van der Waals surface area contributed by atoms with Crippen LogP contribution in [0, 0.1) is 6.92 Å². The fourth-order valence-electron chi connectivity index (χ4n) is 3.38. The second-order valence-electron chi connectivity index (χ2n) is 7.95. The van der Waals surface area contributed by atoms with E-state index >= 15 is 0 Å². The van der Waals surface area contributed by atoms with Crippen LogP contribution >= 0.6 is 11.8 Å². The summed E-state index contributed by atoms with van der Waals surface area (Å²) in [7, 11) is 1.40. The zero-order valence-electron chi connectivity index (χ0n) is 20.5. The van der Waals surface area contributed by atoms with Gasteiger partial charge in [0.2, 0.25) is 5.78 Å². The van der Waals surface area contributed by atoms with Gasteiger partial charge in [-0.3, -0.25) is 9.59 Å². The number of esters is 1. The zero-order valence-corrected chi connectivity index (χ0v) is 21.3. The maximum absolute atomic E-state index is 12.9. The van der Waals surface area contributed by atoms with Gasteiger partial charge in [-0.2, -0.15) is 0 Å². The van der Waals surface area contributed by atoms with Gasteiger partial charge in [-0.15, -0.1) is 0 Å². The van der Waals surface area contributed by atoms with Crippen molar-refractivity contribution in [1.82, 2.24) is 0 Å². The predicted molar refractivity (Wildman–Crippen MR) is 139 cm³/mol. The third-order valence-corrected chi connectivity index (χ3v) is 6.07. The number of carbonyl (C=O) groups is 2. The zero-order chi connectivity index (χ0) is 25.1. The van der Waals surface area contributed by atoms with Gasteiger partial charge in [0.15, 0.2) is 0 Å². The molecule has 5 nitrogen and oxygen atoms in total. The largest absolute Gasteiger partial charge is 0.493 e. The van der Waals surface area contributed by atoms with Crippen molar-refractivity contribution in [2.75, 3.05) is 13.7 Å². The fourth-order valence-corrected chi connectivity index (χ4v) is 3.80. The van der Waals surface area contributed by atoms with Crippen LogP contribution in [0.15, 0.2) is 59.9 Å². The molecule has 0 saturated carbocycles. The summed E-state index contributed by atoms with van der Waals surface area (Å²) in [6.45, 7) is 14.0. The van der Waals surface area contributed by atoms with Gasteiger partial charge >= 0.3 is 5.97 Å². The molecule has 0 saturated heterocycles. The average molecular weight is 483 g/mol. The van der Waals surface area contributed by atoms with E-state index in [4.69, 9.17) is 14.2 Å². The molecule has 0 radical (unpaired) electrons. The number of benzene rings is 2. The molecule has 0 aliphatic heterocycles. The van der Waals surface area contributed by atoms with Crippen LogP contribution in [-0.4, -0.2) is 31.6 Å². The molecule has 0 fully saturated rings. The van der Waals surface area contributed by atoms with E-state index in [2.05, 4.69) is 13.2 Å². The van der Waals surface area contributed by atoms with Crippen LogP contribution in [0.1, 0.15) is 53.7 Å². The van der Waals surface area contributed by atoms with Crippen molar-refractivity contribution in [3.63, 3.8) is 0 Å². The third-order valence-electron chi connectivity index (χ3n) is 5.44. The molecule has 0 bridgehead atoms. The van der Waals surface area contributed by atoms with Crippen molar-refractivity contribution >= 4 is 23.5 Å². The molecule has 0 aliphatic rings. The predicted octanol–water partition coefficient (Wildman–Crippen LogP) is 6.47. The Kier molecular flexibility index (Phi) is 10.9. The van der Waals surface area contributed by atoms with Crippen LogP contribution < -0.4 is 9.47 Å². The SMILES string of the molecule is C=CSC(=C)C(=O)c1cc(CC)ccc1OC(C)CCOc1ccc(CCC(=O)OC)c(C)c1. The molecule has 2 rings (SSSR count). The first kappa shape index (κ1) is 27.3. The Morgan fingerprint density at radius 2 is 1.94 bits per heavy atom. The summed E-state index contributed by atoms with van der Waals surface area (Å²) >= 11 is 1.22. The highest BCUT2D eigenvalue weighted by Crippen LogP contribution is 2.28. The van der Waals surface area contributed by atoms with E-state index in [9.17, 15) is 9.59 Å². The summed E-state index contributed by atoms with van der Waals surface area (Å²) in [5, 5.41) is 1.60. The summed E-state index contributed by atoms with van der Waals surface area (Å²) in [4.78, 5) is 24.6. The van der Waals surface area contributed by atoms with Gasteiger partial charge < -0.3 is 14.2 Å². The van der Waals surface area contributed by atoms with Crippen LogP contribution in [0.2, 0.25) is 0 Å². The lowest BCUT2D eigenvalue weighted by Gasteiger charge is -2.18. The van der Waals surface area contributed by atoms with E-state index in [-0.39, 0.29) is 17.9 Å². The Bertz CT molecular complexity index is 1030. The Balaban J connectivity index is 1.96. The van der Waals surface area contributed by atoms with E-state index in [0.29, 0.717) is 42.1 Å². The summed E-state index contributed by atoms with van der Waals surface area (Å²) < 4.78 is 16.7. The van der Waals surface area contributed by atoms with Crippen molar-refractivity contribution in [3.05, 3.63) is 82.1 Å². The minimum atomic E-state index is -0.216. The number of rotatable bonds is 14. The first-order valence-corrected chi connectivity index (χ1v) is 12.3. The molecule has 2 aromatic rings. The maximum atomic E-state index is 12.9. The number of methoxy groups -OCH3 is 1. The minimum Gasteiger partial charge on any atom is -0.493 e. The lowest BCUT2D eigenvalue weighted by molar-refractivity contribution is -0.140. The van der Waals surface area contributed by atoms with E-state index in [1.165, 1.54) is 18.9 Å². The quantitative estimate of drug-likeness (QED) is 0.175. The number of ether oxygens (including phenoxy) is 3. The molecule has 1 unspecified atom stereocenters. The molecular formula is C28H34O5S. The first-order chi connectivity index (χ1) is 16.3. The van der Waals surface area contributed by atoms with Gasteiger partial charge in [0, 0.05) is 12.8 Å². The van der Waals surface area contributed by atoms with Gasteiger partial charge in [0.05, 0.1) is 30.3 Å². The number of ketones is 1. The van der Waals surface area contributed by atoms with Gasteiger partial charge in [-0.1, -0.05) is 44.0 Å². The summed E-state index contributed by atoms with van der Waals surface area (Å²) in [5.74, 6) is 0.951. The fraction of sp³-hybridized carbons (Fsp3) is 0.357. The van der Waals surface area contributed by atoms with Crippen LogP contribution in [-0.2, 0) is 22.4 Å². The van der Waals surface area contributed by atoms with Gasteiger partial charge in [-0.05, 0) is 73.1 Å². The summed E-state index contributed by atoms with van der Waals surface area (Å²) in [5.41, 5.74) is 3.75. The number of thioether (sulfide) groups is 1. The summed E-state index contributed by atoms with van der Waals surface area (Å²) in [6.07, 6.45) is 2.31. The molecule has 34 heavy (non-hydrogen) atoms. The molecule has 0 amide bonds. The van der Waals surface area contributed by atoms with Crippen LogP contribution in [0.5, 0.6) is 11.5 Å².